The molecule has 140 valence electrons. The number of rotatable bonds is 8. The van der Waals surface area contributed by atoms with Gasteiger partial charge in [-0.15, -0.1) is 5.10 Å². The molecule has 0 spiro atoms. The van der Waals surface area contributed by atoms with Crippen LogP contribution in [0.25, 0.3) is 11.3 Å². The third kappa shape index (κ3) is 4.54. The van der Waals surface area contributed by atoms with E-state index in [-0.39, 0.29) is 13.4 Å². The van der Waals surface area contributed by atoms with E-state index in [1.165, 1.54) is 11.5 Å². The molecule has 1 aliphatic heterocycles. The van der Waals surface area contributed by atoms with Gasteiger partial charge in [0.1, 0.15) is 37.2 Å². The molecule has 3 N–H and O–H groups in total. The topological polar surface area (TPSA) is 90.3 Å². The van der Waals surface area contributed by atoms with E-state index in [9.17, 15) is 5.11 Å². The molecule has 0 amide bonds. The molecule has 0 saturated heterocycles. The zero-order chi connectivity index (χ0) is 18.5. The molecule has 2 aromatic carbocycles. The molecule has 0 bridgehead atoms. The second-order valence-corrected chi connectivity index (χ2v) is 6.81. The molecule has 0 aliphatic carbocycles. The molecule has 1 atom stereocenters. The molecule has 0 saturated carbocycles. The normalized spacial score (nSPS) is 13.5. The van der Waals surface area contributed by atoms with E-state index in [0.29, 0.717) is 6.54 Å². The molecule has 3 aromatic rings. The van der Waals surface area contributed by atoms with E-state index in [1.54, 1.807) is 0 Å². The lowest BCUT2D eigenvalue weighted by Gasteiger charge is -2.12. The van der Waals surface area contributed by atoms with Crippen LogP contribution in [0.4, 0.5) is 0 Å². The van der Waals surface area contributed by atoms with Gasteiger partial charge in [0.2, 0.25) is 6.79 Å². The van der Waals surface area contributed by atoms with Crippen molar-refractivity contribution in [1.82, 2.24) is 9.59 Å². The van der Waals surface area contributed by atoms with E-state index in [1.807, 2.05) is 53.2 Å². The number of aliphatic hydroxyl groups is 1. The summed E-state index contributed by atoms with van der Waals surface area (Å²) in [7, 11) is 0. The van der Waals surface area contributed by atoms with Crippen LogP contribution in [0.15, 0.2) is 47.8 Å². The molecular formula is C19H20N3O4S+. The zero-order valence-electron chi connectivity index (χ0n) is 14.6. The van der Waals surface area contributed by atoms with Crippen LogP contribution in [0.3, 0.4) is 0 Å². The molecule has 2 heterocycles. The fourth-order valence-corrected chi connectivity index (χ4v) is 3.25. The first-order valence-corrected chi connectivity index (χ1v) is 9.50. The van der Waals surface area contributed by atoms with Crippen LogP contribution in [0.5, 0.6) is 17.2 Å². The van der Waals surface area contributed by atoms with Crippen LogP contribution in [-0.4, -0.2) is 40.7 Å². The Hall–Kier alpha value is -2.68. The number of quaternary nitrogens is 1. The van der Waals surface area contributed by atoms with Gasteiger partial charge < -0.3 is 24.6 Å². The number of aromatic nitrogens is 2. The second-order valence-electron chi connectivity index (χ2n) is 6.20. The highest BCUT2D eigenvalue weighted by Crippen LogP contribution is 2.32. The van der Waals surface area contributed by atoms with Crippen molar-refractivity contribution in [2.75, 3.05) is 19.9 Å². The summed E-state index contributed by atoms with van der Waals surface area (Å²) in [4.78, 5) is 0. The third-order valence-corrected chi connectivity index (χ3v) is 4.71. The van der Waals surface area contributed by atoms with Gasteiger partial charge in [0.05, 0.1) is 0 Å². The minimum absolute atomic E-state index is 0.245. The van der Waals surface area contributed by atoms with Gasteiger partial charge in [0.15, 0.2) is 11.5 Å². The van der Waals surface area contributed by atoms with Gasteiger partial charge in [-0.25, -0.2) is 0 Å². The van der Waals surface area contributed by atoms with Gasteiger partial charge in [0.25, 0.3) is 0 Å². The first kappa shape index (κ1) is 17.7. The van der Waals surface area contributed by atoms with Crippen LogP contribution >= 0.6 is 11.5 Å². The van der Waals surface area contributed by atoms with Gasteiger partial charge in [-0.05, 0) is 54.0 Å². The van der Waals surface area contributed by atoms with E-state index < -0.39 is 6.10 Å². The van der Waals surface area contributed by atoms with Crippen molar-refractivity contribution >= 4 is 11.5 Å². The summed E-state index contributed by atoms with van der Waals surface area (Å²) in [5.41, 5.74) is 2.97. The summed E-state index contributed by atoms with van der Waals surface area (Å²) < 4.78 is 20.2. The summed E-state index contributed by atoms with van der Waals surface area (Å²) in [5.74, 6) is 2.28. The summed E-state index contributed by atoms with van der Waals surface area (Å²) in [6.07, 6.45) is -0.554. The van der Waals surface area contributed by atoms with Crippen LogP contribution in [-0.2, 0) is 6.54 Å². The summed E-state index contributed by atoms with van der Waals surface area (Å²) in [5, 5.41) is 18.1. The molecule has 8 heteroatoms. The van der Waals surface area contributed by atoms with E-state index in [2.05, 4.69) is 9.59 Å². The van der Waals surface area contributed by atoms with Gasteiger partial charge in [-0.2, -0.15) is 0 Å². The fraction of sp³-hybridized carbons (Fsp3) is 0.263. The lowest BCUT2D eigenvalue weighted by molar-refractivity contribution is -0.676. The molecule has 1 aliphatic rings. The van der Waals surface area contributed by atoms with Crippen molar-refractivity contribution in [3.63, 3.8) is 0 Å². The number of fused-ring (bicyclic) bond motifs is 1. The molecule has 27 heavy (non-hydrogen) atoms. The molecule has 0 unspecified atom stereocenters. The van der Waals surface area contributed by atoms with E-state index in [4.69, 9.17) is 14.2 Å². The van der Waals surface area contributed by atoms with Crippen molar-refractivity contribution in [2.24, 2.45) is 0 Å². The molecule has 4 rings (SSSR count). The summed E-state index contributed by atoms with van der Waals surface area (Å²) in [6, 6.07) is 13.5. The molecule has 7 nitrogen and oxygen atoms in total. The lowest BCUT2D eigenvalue weighted by atomic mass is 10.2. The molecular weight excluding hydrogens is 366 g/mol. The highest BCUT2D eigenvalue weighted by atomic mass is 32.1. The Labute approximate surface area is 160 Å². The molecule has 0 fully saturated rings. The first-order chi connectivity index (χ1) is 13.3. The zero-order valence-corrected chi connectivity index (χ0v) is 15.4. The fourth-order valence-electron chi connectivity index (χ4n) is 2.78. The van der Waals surface area contributed by atoms with E-state index in [0.717, 1.165) is 40.6 Å². The van der Waals surface area contributed by atoms with E-state index >= 15 is 0 Å². The molecule has 1 aromatic heterocycles. The average molecular weight is 386 g/mol. The first-order valence-electron chi connectivity index (χ1n) is 8.66. The lowest BCUT2D eigenvalue weighted by Crippen LogP contribution is -2.85. The Kier molecular flexibility index (Phi) is 5.47. The van der Waals surface area contributed by atoms with Gasteiger partial charge >= 0.3 is 0 Å². The highest BCUT2D eigenvalue weighted by molar-refractivity contribution is 7.03. The highest BCUT2D eigenvalue weighted by Gasteiger charge is 2.14. The van der Waals surface area contributed by atoms with Crippen molar-refractivity contribution in [1.29, 1.82) is 0 Å². The Balaban J connectivity index is 1.20. The summed E-state index contributed by atoms with van der Waals surface area (Å²) in [6.45, 7) is 1.83. The number of ether oxygens (including phenoxy) is 3. The minimum Gasteiger partial charge on any atom is -0.491 e. The SMILES string of the molecule is O[C@@H](C[NH2+]Cc1ccc2c(c1)OCO2)COc1ccc(-c2csnn2)cc1. The predicted molar refractivity (Wildman–Crippen MR) is 99.9 cm³/mol. The monoisotopic (exact) mass is 386 g/mol. The number of hydrogen-bond acceptors (Lipinski definition) is 7. The van der Waals surface area contributed by atoms with Crippen molar-refractivity contribution in [2.45, 2.75) is 12.6 Å². The Morgan fingerprint density at radius 1 is 1.15 bits per heavy atom. The van der Waals surface area contributed by atoms with Gasteiger partial charge in [0, 0.05) is 16.5 Å². The maximum atomic E-state index is 10.1. The number of aliphatic hydroxyl groups excluding tert-OH is 1. The maximum absolute atomic E-state index is 10.1. The number of benzene rings is 2. The second kappa shape index (κ2) is 8.34. The Morgan fingerprint density at radius 3 is 2.81 bits per heavy atom. The minimum atomic E-state index is -0.554. The quantitative estimate of drug-likeness (QED) is 0.609. The smallest absolute Gasteiger partial charge is 0.231 e. The van der Waals surface area contributed by atoms with Crippen molar-refractivity contribution < 1.29 is 24.6 Å². The van der Waals surface area contributed by atoms with Crippen LogP contribution in [0.2, 0.25) is 0 Å². The third-order valence-electron chi connectivity index (χ3n) is 4.21. The Bertz CT molecular complexity index is 871. The number of hydrogen-bond donors (Lipinski definition) is 2. The number of nitrogens with two attached hydrogens (primary N) is 1. The van der Waals surface area contributed by atoms with Crippen LogP contribution in [0, 0.1) is 0 Å². The largest absolute Gasteiger partial charge is 0.491 e. The van der Waals surface area contributed by atoms with Crippen LogP contribution < -0.4 is 19.5 Å². The van der Waals surface area contributed by atoms with Gasteiger partial charge in [-0.1, -0.05) is 4.49 Å². The standard InChI is InChI=1S/C19H19N3O4S/c23-15(9-20-8-13-1-6-18-19(7-13)26-12-25-18)10-24-16-4-2-14(3-5-16)17-11-27-22-21-17/h1-7,11,15,20,23H,8-10,12H2/p+1/t15-/m0/s1. The number of nitrogens with zero attached hydrogens (tertiary/aromatic N) is 2. The maximum Gasteiger partial charge on any atom is 0.231 e. The average Bonchev–Trinajstić information content (AvgIpc) is 3.38. The molecule has 0 radical (unpaired) electrons. The predicted octanol–water partition coefficient (Wildman–Crippen LogP) is 1.44. The summed E-state index contributed by atoms with van der Waals surface area (Å²) >= 11 is 1.32. The van der Waals surface area contributed by atoms with Crippen LogP contribution in [0.1, 0.15) is 5.56 Å². The van der Waals surface area contributed by atoms with Crippen molar-refractivity contribution in [3.8, 4) is 28.5 Å². The van der Waals surface area contributed by atoms with Gasteiger partial charge in [-0.3, -0.25) is 0 Å². The van der Waals surface area contributed by atoms with Crippen molar-refractivity contribution in [3.05, 3.63) is 53.4 Å². The Morgan fingerprint density at radius 2 is 2.00 bits per heavy atom.